The Morgan fingerprint density at radius 3 is 2.47 bits per heavy atom. The number of nitrogens with one attached hydrogen (secondary N) is 1. The molecule has 2 aromatic rings. The molecule has 1 atom stereocenters. The average molecular weight is 230 g/mol. The van der Waals surface area contributed by atoms with Crippen LogP contribution in [0.15, 0.2) is 41.0 Å². The molecule has 0 aliphatic heterocycles. The molecule has 0 spiro atoms. The first kappa shape index (κ1) is 11.9. The predicted octanol–water partition coefficient (Wildman–Crippen LogP) is 2.64. The quantitative estimate of drug-likeness (QED) is 0.627. The molecule has 1 aromatic heterocycles. The summed E-state index contributed by atoms with van der Waals surface area (Å²) in [6, 6.07) is 10.4. The van der Waals surface area contributed by atoms with Crippen molar-refractivity contribution in [1.29, 1.82) is 0 Å². The van der Waals surface area contributed by atoms with Gasteiger partial charge in [-0.15, -0.1) is 0 Å². The Kier molecular flexibility index (Phi) is 3.61. The van der Waals surface area contributed by atoms with Crippen molar-refractivity contribution in [3.8, 4) is 0 Å². The van der Waals surface area contributed by atoms with Gasteiger partial charge in [-0.3, -0.25) is 5.84 Å². The summed E-state index contributed by atoms with van der Waals surface area (Å²) in [7, 11) is 0. The highest BCUT2D eigenvalue weighted by Crippen LogP contribution is 2.19. The zero-order valence-electron chi connectivity index (χ0n) is 10.2. The van der Waals surface area contributed by atoms with Crippen molar-refractivity contribution >= 4 is 0 Å². The third-order valence-corrected chi connectivity index (χ3v) is 2.81. The first-order chi connectivity index (χ1) is 8.19. The molecule has 17 heavy (non-hydrogen) atoms. The number of aryl methyl sites for hydroxylation is 2. The number of furan rings is 1. The third-order valence-electron chi connectivity index (χ3n) is 2.81. The van der Waals surface area contributed by atoms with E-state index in [1.165, 1.54) is 16.7 Å². The van der Waals surface area contributed by atoms with Crippen molar-refractivity contribution in [1.82, 2.24) is 5.43 Å². The van der Waals surface area contributed by atoms with Gasteiger partial charge in [0.1, 0.15) is 5.76 Å². The molecule has 1 heterocycles. The molecule has 0 amide bonds. The second-order valence-corrected chi connectivity index (χ2v) is 4.43. The van der Waals surface area contributed by atoms with Gasteiger partial charge in [-0.05, 0) is 38.0 Å². The Morgan fingerprint density at radius 1 is 1.24 bits per heavy atom. The van der Waals surface area contributed by atoms with Gasteiger partial charge in [0, 0.05) is 0 Å². The van der Waals surface area contributed by atoms with Crippen LogP contribution in [0.5, 0.6) is 0 Å². The van der Waals surface area contributed by atoms with Gasteiger partial charge >= 0.3 is 0 Å². The van der Waals surface area contributed by atoms with Crippen molar-refractivity contribution in [2.75, 3.05) is 0 Å². The fraction of sp³-hybridized carbons (Fsp3) is 0.286. The number of rotatable bonds is 4. The molecule has 0 bridgehead atoms. The topological polar surface area (TPSA) is 51.2 Å². The molecule has 90 valence electrons. The molecule has 1 unspecified atom stereocenters. The van der Waals surface area contributed by atoms with Gasteiger partial charge < -0.3 is 4.42 Å². The van der Waals surface area contributed by atoms with Crippen molar-refractivity contribution in [2.45, 2.75) is 26.3 Å². The van der Waals surface area contributed by atoms with Crippen LogP contribution in [0.2, 0.25) is 0 Å². The summed E-state index contributed by atoms with van der Waals surface area (Å²) < 4.78 is 5.38. The van der Waals surface area contributed by atoms with Gasteiger partial charge in [0.25, 0.3) is 0 Å². The van der Waals surface area contributed by atoms with Crippen LogP contribution in [0.4, 0.5) is 0 Å². The molecule has 0 radical (unpaired) electrons. The molecule has 3 nitrogen and oxygen atoms in total. The van der Waals surface area contributed by atoms with Crippen molar-refractivity contribution in [2.24, 2.45) is 5.84 Å². The van der Waals surface area contributed by atoms with Crippen LogP contribution >= 0.6 is 0 Å². The molecule has 0 saturated carbocycles. The molecule has 0 aliphatic rings. The van der Waals surface area contributed by atoms with Crippen LogP contribution in [0.1, 0.15) is 28.5 Å². The standard InChI is InChI=1S/C14H18N2O/c1-10-6-11(2)8-12(7-10)9-13(16-15)14-4-3-5-17-14/h3-8,13,16H,9,15H2,1-2H3. The van der Waals surface area contributed by atoms with E-state index in [0.717, 1.165) is 12.2 Å². The summed E-state index contributed by atoms with van der Waals surface area (Å²) in [6.45, 7) is 4.21. The van der Waals surface area contributed by atoms with Gasteiger partial charge in [0.05, 0.1) is 12.3 Å². The average Bonchev–Trinajstić information content (AvgIpc) is 2.77. The van der Waals surface area contributed by atoms with E-state index in [2.05, 4.69) is 37.5 Å². The number of hydrogen-bond acceptors (Lipinski definition) is 3. The molecule has 2 rings (SSSR count). The summed E-state index contributed by atoms with van der Waals surface area (Å²) >= 11 is 0. The third kappa shape index (κ3) is 2.96. The lowest BCUT2D eigenvalue weighted by molar-refractivity contribution is 0.416. The Labute approximate surface area is 102 Å². The van der Waals surface area contributed by atoms with Gasteiger partial charge in [-0.2, -0.15) is 0 Å². The highest BCUT2D eigenvalue weighted by atomic mass is 16.3. The number of hydrogen-bond donors (Lipinski definition) is 2. The van der Waals surface area contributed by atoms with E-state index in [-0.39, 0.29) is 6.04 Å². The lowest BCUT2D eigenvalue weighted by Gasteiger charge is -2.14. The monoisotopic (exact) mass is 230 g/mol. The van der Waals surface area contributed by atoms with E-state index in [9.17, 15) is 0 Å². The van der Waals surface area contributed by atoms with Gasteiger partial charge in [-0.25, -0.2) is 5.43 Å². The molecular formula is C14H18N2O. The van der Waals surface area contributed by atoms with E-state index >= 15 is 0 Å². The highest BCUT2D eigenvalue weighted by molar-refractivity contribution is 5.29. The van der Waals surface area contributed by atoms with Crippen LogP contribution in [0, 0.1) is 13.8 Å². The van der Waals surface area contributed by atoms with Crippen LogP contribution in [0.25, 0.3) is 0 Å². The molecule has 0 fully saturated rings. The summed E-state index contributed by atoms with van der Waals surface area (Å²) in [5.41, 5.74) is 6.61. The summed E-state index contributed by atoms with van der Waals surface area (Å²) in [5.74, 6) is 6.45. The van der Waals surface area contributed by atoms with Crippen LogP contribution in [0.3, 0.4) is 0 Å². The van der Waals surface area contributed by atoms with Crippen LogP contribution in [-0.2, 0) is 6.42 Å². The summed E-state index contributed by atoms with van der Waals surface area (Å²) in [4.78, 5) is 0. The second kappa shape index (κ2) is 5.17. The summed E-state index contributed by atoms with van der Waals surface area (Å²) in [6.07, 6.45) is 2.49. The van der Waals surface area contributed by atoms with Gasteiger partial charge in [0.2, 0.25) is 0 Å². The molecular weight excluding hydrogens is 212 g/mol. The Hall–Kier alpha value is -1.58. The van der Waals surface area contributed by atoms with E-state index < -0.39 is 0 Å². The first-order valence-corrected chi connectivity index (χ1v) is 5.76. The minimum atomic E-state index is 0.0196. The minimum Gasteiger partial charge on any atom is -0.468 e. The predicted molar refractivity (Wildman–Crippen MR) is 68.4 cm³/mol. The van der Waals surface area contributed by atoms with Gasteiger partial charge in [-0.1, -0.05) is 29.3 Å². The SMILES string of the molecule is Cc1cc(C)cc(CC(NN)c2ccco2)c1. The van der Waals surface area contributed by atoms with E-state index in [1.54, 1.807) is 6.26 Å². The molecule has 3 heteroatoms. The smallest absolute Gasteiger partial charge is 0.122 e. The molecule has 3 N–H and O–H groups in total. The summed E-state index contributed by atoms with van der Waals surface area (Å²) in [5, 5.41) is 0. The number of nitrogens with two attached hydrogens (primary N) is 1. The lowest BCUT2D eigenvalue weighted by atomic mass is 10.0. The van der Waals surface area contributed by atoms with Crippen molar-refractivity contribution in [3.63, 3.8) is 0 Å². The first-order valence-electron chi connectivity index (χ1n) is 5.76. The normalized spacial score (nSPS) is 12.6. The highest BCUT2D eigenvalue weighted by Gasteiger charge is 2.13. The maximum Gasteiger partial charge on any atom is 0.122 e. The van der Waals surface area contributed by atoms with Crippen LogP contribution < -0.4 is 11.3 Å². The molecule has 0 aliphatic carbocycles. The molecule has 0 saturated heterocycles. The minimum absolute atomic E-state index is 0.0196. The van der Waals surface area contributed by atoms with Crippen molar-refractivity contribution < 1.29 is 4.42 Å². The maximum absolute atomic E-state index is 5.58. The van der Waals surface area contributed by atoms with E-state index in [0.29, 0.717) is 0 Å². The fourth-order valence-electron chi connectivity index (χ4n) is 2.15. The lowest BCUT2D eigenvalue weighted by Crippen LogP contribution is -2.29. The fourth-order valence-corrected chi connectivity index (χ4v) is 2.15. The number of hydrazine groups is 1. The maximum atomic E-state index is 5.58. The largest absolute Gasteiger partial charge is 0.468 e. The van der Waals surface area contributed by atoms with Crippen molar-refractivity contribution in [3.05, 3.63) is 59.0 Å². The second-order valence-electron chi connectivity index (χ2n) is 4.43. The Bertz CT molecular complexity index is 457. The van der Waals surface area contributed by atoms with Gasteiger partial charge in [0.15, 0.2) is 0 Å². The zero-order valence-corrected chi connectivity index (χ0v) is 10.2. The molecule has 1 aromatic carbocycles. The zero-order chi connectivity index (χ0) is 12.3. The Morgan fingerprint density at radius 2 is 1.94 bits per heavy atom. The van der Waals surface area contributed by atoms with Crippen LogP contribution in [-0.4, -0.2) is 0 Å². The van der Waals surface area contributed by atoms with E-state index in [1.807, 2.05) is 12.1 Å². The Balaban J connectivity index is 2.18. The van der Waals surface area contributed by atoms with E-state index in [4.69, 9.17) is 10.3 Å². The number of benzene rings is 1.